The Hall–Kier alpha value is -1.79. The highest BCUT2D eigenvalue weighted by molar-refractivity contribution is 7.89. The zero-order chi connectivity index (χ0) is 18.4. The number of nitrogens with one attached hydrogen (secondary N) is 3. The second kappa shape index (κ2) is 9.78. The first-order valence-corrected chi connectivity index (χ1v) is 9.17. The van der Waals surface area contributed by atoms with E-state index in [2.05, 4.69) is 15.4 Å². The second-order valence-electron chi connectivity index (χ2n) is 5.69. The van der Waals surface area contributed by atoms with Crippen LogP contribution in [0.1, 0.15) is 6.42 Å². The van der Waals surface area contributed by atoms with E-state index in [0.29, 0.717) is 19.6 Å². The van der Waals surface area contributed by atoms with Crippen molar-refractivity contribution < 1.29 is 23.2 Å². The molecule has 1 aromatic rings. The van der Waals surface area contributed by atoms with Crippen molar-refractivity contribution >= 4 is 34.0 Å². The Balaban J connectivity index is 0.00000338. The van der Waals surface area contributed by atoms with Crippen molar-refractivity contribution in [1.29, 1.82) is 0 Å². The summed E-state index contributed by atoms with van der Waals surface area (Å²) in [5, 5.41) is 26.0. The van der Waals surface area contributed by atoms with E-state index in [1.165, 1.54) is 18.2 Å². The van der Waals surface area contributed by atoms with Crippen molar-refractivity contribution in [2.75, 3.05) is 26.2 Å². The fourth-order valence-electron chi connectivity index (χ4n) is 2.41. The van der Waals surface area contributed by atoms with E-state index < -0.39 is 21.1 Å². The van der Waals surface area contributed by atoms with E-state index in [9.17, 15) is 28.4 Å². The number of amides is 1. The van der Waals surface area contributed by atoms with Gasteiger partial charge in [0.2, 0.25) is 15.9 Å². The Morgan fingerprint density at radius 2 is 2.12 bits per heavy atom. The fourth-order valence-corrected chi connectivity index (χ4v) is 3.48. The maximum absolute atomic E-state index is 12.1. The molecule has 26 heavy (non-hydrogen) atoms. The SMILES string of the molecule is Cl.O=C(CCNS(=O)(=O)c1cccc([N+](=O)[O-])c1)NCC1CNCC1O. The lowest BCUT2D eigenvalue weighted by molar-refractivity contribution is -0.385. The monoisotopic (exact) mass is 408 g/mol. The molecule has 1 aliphatic heterocycles. The molecule has 0 spiro atoms. The Morgan fingerprint density at radius 3 is 2.73 bits per heavy atom. The first-order chi connectivity index (χ1) is 11.8. The number of carbonyl (C=O) groups is 1. The standard InChI is InChI=1S/C14H20N4O6S.ClH/c19-13-9-15-7-10(13)8-16-14(20)4-5-17-25(23,24)12-3-1-2-11(6-12)18(21)22;/h1-3,6,10,13,15,17,19H,4-5,7-9H2,(H,16,20);1H. The number of hydrogen-bond donors (Lipinski definition) is 4. The van der Waals surface area contributed by atoms with Crippen LogP contribution in [-0.4, -0.2) is 56.6 Å². The minimum absolute atomic E-state index is 0. The lowest BCUT2D eigenvalue weighted by Gasteiger charge is -2.14. The molecule has 4 N–H and O–H groups in total. The summed E-state index contributed by atoms with van der Waals surface area (Å²) in [6, 6.07) is 4.67. The summed E-state index contributed by atoms with van der Waals surface area (Å²) in [6.07, 6.45) is -0.586. The molecule has 2 unspecified atom stereocenters. The third-order valence-electron chi connectivity index (χ3n) is 3.85. The number of aliphatic hydroxyl groups excluding tert-OH is 1. The number of hydrogen-bond acceptors (Lipinski definition) is 7. The van der Waals surface area contributed by atoms with Crippen molar-refractivity contribution in [3.8, 4) is 0 Å². The van der Waals surface area contributed by atoms with Gasteiger partial charge in [-0.1, -0.05) is 6.07 Å². The molecule has 1 aliphatic rings. The highest BCUT2D eigenvalue weighted by atomic mass is 35.5. The number of nitro benzene ring substituents is 1. The molecule has 0 saturated carbocycles. The Morgan fingerprint density at radius 1 is 1.38 bits per heavy atom. The van der Waals surface area contributed by atoms with Gasteiger partial charge in [-0.2, -0.15) is 0 Å². The molecule has 1 heterocycles. The van der Waals surface area contributed by atoms with Gasteiger partial charge in [-0.05, 0) is 6.07 Å². The molecule has 1 fully saturated rings. The fraction of sp³-hybridized carbons (Fsp3) is 0.500. The molecular weight excluding hydrogens is 388 g/mol. The van der Waals surface area contributed by atoms with E-state index in [-0.39, 0.29) is 47.8 Å². The van der Waals surface area contributed by atoms with Gasteiger partial charge in [0, 0.05) is 50.7 Å². The van der Waals surface area contributed by atoms with Gasteiger partial charge in [-0.15, -0.1) is 12.4 Å². The van der Waals surface area contributed by atoms with Gasteiger partial charge in [0.1, 0.15) is 0 Å². The van der Waals surface area contributed by atoms with Crippen LogP contribution in [0.5, 0.6) is 0 Å². The largest absolute Gasteiger partial charge is 0.391 e. The molecule has 0 bridgehead atoms. The maximum atomic E-state index is 12.1. The quantitative estimate of drug-likeness (QED) is 0.330. The average Bonchev–Trinajstić information content (AvgIpc) is 2.98. The number of non-ortho nitro benzene ring substituents is 1. The smallest absolute Gasteiger partial charge is 0.270 e. The van der Waals surface area contributed by atoms with Crippen molar-refractivity contribution in [2.45, 2.75) is 17.4 Å². The van der Waals surface area contributed by atoms with Crippen LogP contribution in [0.4, 0.5) is 5.69 Å². The summed E-state index contributed by atoms with van der Waals surface area (Å²) in [7, 11) is -3.94. The molecule has 146 valence electrons. The van der Waals surface area contributed by atoms with E-state index in [0.717, 1.165) is 6.07 Å². The molecule has 0 aromatic heterocycles. The molecule has 0 radical (unpaired) electrons. The molecule has 1 saturated heterocycles. The van der Waals surface area contributed by atoms with E-state index >= 15 is 0 Å². The minimum Gasteiger partial charge on any atom is -0.391 e. The minimum atomic E-state index is -3.94. The molecule has 10 nitrogen and oxygen atoms in total. The number of benzene rings is 1. The number of carbonyl (C=O) groups excluding carboxylic acids is 1. The Labute approximate surface area is 157 Å². The van der Waals surface area contributed by atoms with Crippen LogP contribution in [0, 0.1) is 16.0 Å². The topological polar surface area (TPSA) is 151 Å². The molecule has 1 amide bonds. The Kier molecular flexibility index (Phi) is 8.37. The van der Waals surface area contributed by atoms with E-state index in [4.69, 9.17) is 0 Å². The normalized spacial score (nSPS) is 19.6. The molecular formula is C14H21ClN4O6S. The van der Waals surface area contributed by atoms with Crippen LogP contribution in [-0.2, 0) is 14.8 Å². The summed E-state index contributed by atoms with van der Waals surface area (Å²) >= 11 is 0. The number of rotatable bonds is 8. The number of nitrogens with zero attached hydrogens (tertiary/aromatic N) is 1. The van der Waals surface area contributed by atoms with Crippen LogP contribution in [0.25, 0.3) is 0 Å². The number of aliphatic hydroxyl groups is 1. The number of sulfonamides is 1. The van der Waals surface area contributed by atoms with Gasteiger partial charge in [-0.25, -0.2) is 13.1 Å². The third-order valence-corrected chi connectivity index (χ3v) is 5.31. The average molecular weight is 409 g/mol. The molecule has 2 rings (SSSR count). The van der Waals surface area contributed by atoms with Crippen LogP contribution in [0.3, 0.4) is 0 Å². The van der Waals surface area contributed by atoms with E-state index in [1.807, 2.05) is 0 Å². The van der Waals surface area contributed by atoms with Gasteiger partial charge >= 0.3 is 0 Å². The lowest BCUT2D eigenvalue weighted by Crippen LogP contribution is -2.36. The van der Waals surface area contributed by atoms with E-state index in [1.54, 1.807) is 0 Å². The summed E-state index contributed by atoms with van der Waals surface area (Å²) in [5.74, 6) is -0.411. The summed E-state index contributed by atoms with van der Waals surface area (Å²) < 4.78 is 26.4. The summed E-state index contributed by atoms with van der Waals surface area (Å²) in [5.41, 5.74) is -0.329. The molecule has 12 heteroatoms. The predicted molar refractivity (Wildman–Crippen MR) is 95.5 cm³/mol. The molecule has 0 aliphatic carbocycles. The van der Waals surface area contributed by atoms with Gasteiger partial charge < -0.3 is 15.7 Å². The van der Waals surface area contributed by atoms with Crippen molar-refractivity contribution in [2.24, 2.45) is 5.92 Å². The predicted octanol–water partition coefficient (Wildman–Crippen LogP) is -0.618. The molecule has 1 aromatic carbocycles. The van der Waals surface area contributed by atoms with Gasteiger partial charge in [0.05, 0.1) is 15.9 Å². The number of β-amino-alcohol motifs (C(OH)–C–C–N with tert-alkyl or cyclic N) is 1. The zero-order valence-electron chi connectivity index (χ0n) is 13.8. The lowest BCUT2D eigenvalue weighted by atomic mass is 10.1. The van der Waals surface area contributed by atoms with Gasteiger partial charge in [0.25, 0.3) is 5.69 Å². The number of nitro groups is 1. The van der Waals surface area contributed by atoms with Crippen molar-refractivity contribution in [1.82, 2.24) is 15.4 Å². The van der Waals surface area contributed by atoms with Crippen molar-refractivity contribution in [3.63, 3.8) is 0 Å². The maximum Gasteiger partial charge on any atom is 0.270 e. The Bertz CT molecular complexity index is 745. The van der Waals surface area contributed by atoms with Gasteiger partial charge in [0.15, 0.2) is 0 Å². The van der Waals surface area contributed by atoms with Crippen molar-refractivity contribution in [3.05, 3.63) is 34.4 Å². The molecule has 2 atom stereocenters. The highest BCUT2D eigenvalue weighted by Crippen LogP contribution is 2.17. The van der Waals surface area contributed by atoms with Crippen LogP contribution in [0.2, 0.25) is 0 Å². The summed E-state index contributed by atoms with van der Waals surface area (Å²) in [4.78, 5) is 21.5. The zero-order valence-corrected chi connectivity index (χ0v) is 15.4. The van der Waals surface area contributed by atoms with Crippen LogP contribution >= 0.6 is 12.4 Å². The van der Waals surface area contributed by atoms with Crippen LogP contribution in [0.15, 0.2) is 29.2 Å². The third kappa shape index (κ3) is 6.18. The van der Waals surface area contributed by atoms with Gasteiger partial charge in [-0.3, -0.25) is 14.9 Å². The first kappa shape index (κ1) is 22.3. The number of halogens is 1. The first-order valence-electron chi connectivity index (χ1n) is 7.69. The highest BCUT2D eigenvalue weighted by Gasteiger charge is 2.25. The summed E-state index contributed by atoms with van der Waals surface area (Å²) in [6.45, 7) is 1.28. The van der Waals surface area contributed by atoms with Crippen LogP contribution < -0.4 is 15.4 Å². The second-order valence-corrected chi connectivity index (χ2v) is 7.46.